The molecule has 9 fully saturated rings. The molecule has 0 radical (unpaired) electrons. The number of rotatable bonds is 3. The zero-order chi connectivity index (χ0) is 45.6. The minimum Gasteiger partial charge on any atom is -1.00 e. The van der Waals surface area contributed by atoms with E-state index in [1.807, 2.05) is 53.7 Å². The van der Waals surface area contributed by atoms with Crippen LogP contribution in [-0.2, 0) is 92.8 Å². The van der Waals surface area contributed by atoms with E-state index in [0.29, 0.717) is 19.8 Å². The SMILES string of the molecule is C=C[CH2-].CC1(C)O[C@H]2O[C@H]([C@H]3COC(C)(C)O3)[C@H](O)[C@H]2O1.CC1(C)O[C@H]2O[C@H]([C@H]3COC(C)(C)O3)[C@H](O)[C@H]2O1.CC1(C)O[C@H]2O[C@H]([C@H]3COC(C)(C)O3)[C@H](O)[C@H]2O1.[C-]1=CC=CC1.[Cl-].[Mg+2].[Ti]. The summed E-state index contributed by atoms with van der Waals surface area (Å²) in [7, 11) is 0. The zero-order valence-electron chi connectivity index (χ0n) is 39.8. The van der Waals surface area contributed by atoms with Crippen LogP contribution >= 0.6 is 0 Å². The first-order valence-corrected chi connectivity index (χ1v) is 21.4. The Balaban J connectivity index is 0.000000233. The summed E-state index contributed by atoms with van der Waals surface area (Å²) in [5.41, 5.74) is 0. The number of hydrogen-bond donors (Lipinski definition) is 3. The van der Waals surface area contributed by atoms with Gasteiger partial charge in [0.1, 0.15) is 73.2 Å². The molecule has 21 heteroatoms. The molecule has 0 aromatic rings. The van der Waals surface area contributed by atoms with Gasteiger partial charge < -0.3 is 98.8 Å². The molecule has 15 atom stereocenters. The standard InChI is InChI=1S/3C12H20O6.C5H5.C3H5.ClH.Mg.Ti/c3*1-11(2)14-5-6(16-11)8-7(13)9-10(15-8)18-12(3,4)17-9;1-2-4-5-3-1;1-3-2;;;/h3*6-10,13H,5H2,1-4H3;1-3H,4H2;3H,1-2H2;1H;;/q;;;2*-1;;+2;/p-1/t3*6-,7+,8-,9-,10-;;;;;/m111...../s1. The van der Waals surface area contributed by atoms with E-state index in [1.54, 1.807) is 41.5 Å². The Labute approximate surface area is 421 Å². The van der Waals surface area contributed by atoms with Gasteiger partial charge in [-0.15, -0.1) is 6.42 Å². The summed E-state index contributed by atoms with van der Waals surface area (Å²) in [6, 6.07) is 0. The first-order chi connectivity index (χ1) is 28.7. The van der Waals surface area contributed by atoms with E-state index in [2.05, 4.69) is 25.7 Å². The molecule has 10 rings (SSSR count). The molecular formula is C44H70ClMgO18Ti-. The molecule has 3 N–H and O–H groups in total. The first kappa shape index (κ1) is 59.4. The zero-order valence-corrected chi connectivity index (χ0v) is 43.5. The summed E-state index contributed by atoms with van der Waals surface area (Å²) in [6.45, 7) is 29.5. The topological polar surface area (TPSA) is 199 Å². The Morgan fingerprint density at radius 2 is 0.785 bits per heavy atom. The predicted molar refractivity (Wildman–Crippen MR) is 222 cm³/mol. The second-order valence-electron chi connectivity index (χ2n) is 19.1. The van der Waals surface area contributed by atoms with E-state index in [4.69, 9.17) is 71.1 Å². The van der Waals surface area contributed by atoms with E-state index >= 15 is 0 Å². The Hall–Kier alpha value is 0.141. The fourth-order valence-electron chi connectivity index (χ4n) is 8.44. The van der Waals surface area contributed by atoms with Crippen LogP contribution in [0.15, 0.2) is 30.9 Å². The van der Waals surface area contributed by atoms with Crippen molar-refractivity contribution >= 4 is 23.1 Å². The summed E-state index contributed by atoms with van der Waals surface area (Å²) in [5, 5.41) is 30.8. The summed E-state index contributed by atoms with van der Waals surface area (Å²) < 4.78 is 84.3. The third-order valence-electron chi connectivity index (χ3n) is 10.9. The largest absolute Gasteiger partial charge is 2.00 e. The smallest absolute Gasteiger partial charge is 1.00 e. The molecule has 10 aliphatic rings. The molecular weight excluding hydrogens is 924 g/mol. The van der Waals surface area contributed by atoms with Crippen molar-refractivity contribution in [3.05, 3.63) is 43.9 Å². The van der Waals surface area contributed by atoms with Crippen molar-refractivity contribution in [3.8, 4) is 0 Å². The first-order valence-electron chi connectivity index (χ1n) is 21.4. The maximum atomic E-state index is 10.3. The molecule has 65 heavy (non-hydrogen) atoms. The minimum absolute atomic E-state index is 0. The summed E-state index contributed by atoms with van der Waals surface area (Å²) >= 11 is 0. The normalized spacial score (nSPS) is 42.7. The molecule has 368 valence electrons. The minimum atomic E-state index is -0.765. The van der Waals surface area contributed by atoms with Crippen LogP contribution in [0.2, 0.25) is 0 Å². The number of allylic oxidation sites excluding steroid dienone is 5. The van der Waals surface area contributed by atoms with Gasteiger partial charge in [0.15, 0.2) is 53.6 Å². The monoisotopic (exact) mass is 993 g/mol. The van der Waals surface area contributed by atoms with Gasteiger partial charge in [-0.2, -0.15) is 6.08 Å². The molecule has 9 heterocycles. The fraction of sp³-hybridized carbons (Fsp3) is 0.841. The van der Waals surface area contributed by atoms with E-state index in [1.165, 1.54) is 6.08 Å². The van der Waals surface area contributed by atoms with Gasteiger partial charge in [0.05, 0.1) is 19.8 Å². The van der Waals surface area contributed by atoms with Gasteiger partial charge in [-0.25, -0.2) is 31.7 Å². The van der Waals surface area contributed by atoms with Gasteiger partial charge in [0.25, 0.3) is 0 Å². The molecule has 0 unspecified atom stereocenters. The maximum absolute atomic E-state index is 10.3. The Bertz CT molecular complexity index is 1420. The molecule has 9 saturated heterocycles. The van der Waals surface area contributed by atoms with Crippen molar-refractivity contribution in [2.45, 2.75) is 216 Å². The third-order valence-corrected chi connectivity index (χ3v) is 10.9. The summed E-state index contributed by atoms with van der Waals surface area (Å²) in [4.78, 5) is 0. The van der Waals surface area contributed by atoms with Crippen molar-refractivity contribution in [3.63, 3.8) is 0 Å². The number of fused-ring (bicyclic) bond motifs is 3. The van der Waals surface area contributed by atoms with Crippen LogP contribution < -0.4 is 12.4 Å². The van der Waals surface area contributed by atoms with Crippen LogP contribution in [0.5, 0.6) is 0 Å². The van der Waals surface area contributed by atoms with Crippen LogP contribution in [-0.4, -0.2) is 185 Å². The van der Waals surface area contributed by atoms with Gasteiger partial charge in [0.2, 0.25) is 0 Å². The van der Waals surface area contributed by atoms with Crippen molar-refractivity contribution in [2.24, 2.45) is 0 Å². The average molecular weight is 995 g/mol. The Morgan fingerprint density at radius 3 is 0.954 bits per heavy atom. The van der Waals surface area contributed by atoms with Gasteiger partial charge in [0, 0.05) is 21.7 Å². The van der Waals surface area contributed by atoms with Crippen LogP contribution in [0.4, 0.5) is 0 Å². The van der Waals surface area contributed by atoms with Crippen LogP contribution in [0, 0.1) is 13.0 Å². The van der Waals surface area contributed by atoms with Gasteiger partial charge in [-0.05, 0) is 83.1 Å². The molecule has 0 spiro atoms. The molecule has 0 bridgehead atoms. The number of aliphatic hydroxyl groups excluding tert-OH is 3. The number of aliphatic hydroxyl groups is 3. The third kappa shape index (κ3) is 15.1. The Morgan fingerprint density at radius 1 is 0.508 bits per heavy atom. The summed E-state index contributed by atoms with van der Waals surface area (Å²) in [5.74, 6) is -4.04. The van der Waals surface area contributed by atoms with E-state index in [-0.39, 0.29) is 75.5 Å². The van der Waals surface area contributed by atoms with Crippen LogP contribution in [0.3, 0.4) is 0 Å². The number of ether oxygens (including phenoxy) is 15. The molecule has 9 aliphatic heterocycles. The van der Waals surface area contributed by atoms with Crippen molar-refractivity contribution in [1.82, 2.24) is 0 Å². The van der Waals surface area contributed by atoms with Crippen LogP contribution in [0.25, 0.3) is 0 Å². The molecule has 0 aromatic carbocycles. The van der Waals surface area contributed by atoms with E-state index in [9.17, 15) is 15.3 Å². The van der Waals surface area contributed by atoms with Gasteiger partial charge in [-0.1, -0.05) is 0 Å². The Kier molecular flexibility index (Phi) is 21.2. The fourth-order valence-corrected chi connectivity index (χ4v) is 8.44. The van der Waals surface area contributed by atoms with E-state index in [0.717, 1.165) is 6.42 Å². The van der Waals surface area contributed by atoms with E-state index < -0.39 is 109 Å². The second-order valence-corrected chi connectivity index (χ2v) is 19.1. The van der Waals surface area contributed by atoms with Gasteiger partial charge in [-0.3, -0.25) is 6.08 Å². The maximum Gasteiger partial charge on any atom is 2.00 e. The van der Waals surface area contributed by atoms with Crippen molar-refractivity contribution in [2.75, 3.05) is 19.8 Å². The van der Waals surface area contributed by atoms with Crippen LogP contribution in [0.1, 0.15) is 89.5 Å². The second kappa shape index (κ2) is 23.1. The summed E-state index contributed by atoms with van der Waals surface area (Å²) in [6.07, 6.45) is 3.91. The molecule has 0 saturated carbocycles. The predicted octanol–water partition coefficient (Wildman–Crippen LogP) is 0.0585. The average Bonchev–Trinajstić information content (AvgIpc) is 4.01. The van der Waals surface area contributed by atoms with Crippen molar-refractivity contribution in [1.29, 1.82) is 0 Å². The van der Waals surface area contributed by atoms with Crippen molar-refractivity contribution < 1.29 is 120 Å². The van der Waals surface area contributed by atoms with Gasteiger partial charge >= 0.3 is 23.1 Å². The molecule has 18 nitrogen and oxygen atoms in total. The number of hydrogen-bond acceptors (Lipinski definition) is 18. The quantitative estimate of drug-likeness (QED) is 0.253. The number of halogens is 1. The molecule has 1 aliphatic carbocycles. The molecule has 0 amide bonds. The molecule has 0 aromatic heterocycles.